The van der Waals surface area contributed by atoms with Crippen LogP contribution in [0.2, 0.25) is 0 Å². The number of pyridine rings is 1. The van der Waals surface area contributed by atoms with Crippen LogP contribution in [-0.2, 0) is 6.42 Å². The van der Waals surface area contributed by atoms with E-state index in [-0.39, 0.29) is 0 Å². The zero-order chi connectivity index (χ0) is 12.5. The maximum atomic E-state index is 5.90. The van der Waals surface area contributed by atoms with Crippen molar-refractivity contribution in [2.45, 2.75) is 6.42 Å². The van der Waals surface area contributed by atoms with Gasteiger partial charge in [0.1, 0.15) is 11.6 Å². The van der Waals surface area contributed by atoms with Crippen molar-refractivity contribution in [3.05, 3.63) is 47.9 Å². The van der Waals surface area contributed by atoms with Crippen LogP contribution < -0.4 is 11.5 Å². The maximum absolute atomic E-state index is 5.90. The molecule has 0 radical (unpaired) electrons. The number of nitrogens with zero attached hydrogens (tertiary/aromatic N) is 2. The lowest BCUT2D eigenvalue weighted by atomic mass is 10.1. The van der Waals surface area contributed by atoms with Crippen molar-refractivity contribution >= 4 is 22.5 Å². The lowest BCUT2D eigenvalue weighted by Crippen LogP contribution is -2.03. The molecule has 1 aromatic carbocycles. The molecule has 90 valence electrons. The van der Waals surface area contributed by atoms with E-state index in [2.05, 4.69) is 15.0 Å². The number of H-pyrrole nitrogens is 1. The van der Waals surface area contributed by atoms with Crippen LogP contribution in [0, 0.1) is 0 Å². The molecule has 0 unspecified atom stereocenters. The predicted molar refractivity (Wildman–Crippen MR) is 72.0 cm³/mol. The van der Waals surface area contributed by atoms with Crippen molar-refractivity contribution in [1.82, 2.24) is 15.0 Å². The number of hydrogen-bond donors (Lipinski definition) is 3. The van der Waals surface area contributed by atoms with E-state index < -0.39 is 0 Å². The molecule has 0 amide bonds. The lowest BCUT2D eigenvalue weighted by molar-refractivity contribution is 1.04. The fraction of sp³-hybridized carbons (Fsp3) is 0.0769. The van der Waals surface area contributed by atoms with Crippen LogP contribution in [0.1, 0.15) is 11.4 Å². The van der Waals surface area contributed by atoms with Gasteiger partial charge >= 0.3 is 0 Å². The van der Waals surface area contributed by atoms with Crippen LogP contribution >= 0.6 is 0 Å². The molecule has 5 N–H and O–H groups in total. The standard InChI is InChI=1S/C13H13N5/c14-12-8(5-6-16-13(12)15)7-11-17-9-3-1-2-4-10(9)18-11/h1-6H,7,14H2,(H2,15,16)(H,17,18). The average molecular weight is 239 g/mol. The van der Waals surface area contributed by atoms with Crippen LogP contribution in [0.25, 0.3) is 11.0 Å². The van der Waals surface area contributed by atoms with Crippen molar-refractivity contribution in [2.24, 2.45) is 0 Å². The molecule has 0 spiro atoms. The quantitative estimate of drug-likeness (QED) is 0.634. The van der Waals surface area contributed by atoms with Crippen LogP contribution in [0.5, 0.6) is 0 Å². The number of aromatic amines is 1. The van der Waals surface area contributed by atoms with Gasteiger partial charge in [0, 0.05) is 12.6 Å². The molecule has 0 saturated carbocycles. The molecular weight excluding hydrogens is 226 g/mol. The second kappa shape index (κ2) is 4.03. The zero-order valence-corrected chi connectivity index (χ0v) is 9.72. The summed E-state index contributed by atoms with van der Waals surface area (Å²) in [4.78, 5) is 11.7. The molecule has 0 fully saturated rings. The number of rotatable bonds is 2. The van der Waals surface area contributed by atoms with Crippen molar-refractivity contribution in [3.8, 4) is 0 Å². The van der Waals surface area contributed by atoms with E-state index in [1.165, 1.54) is 0 Å². The Morgan fingerprint density at radius 2 is 1.94 bits per heavy atom. The first-order chi connectivity index (χ1) is 8.74. The molecule has 0 aliphatic rings. The summed E-state index contributed by atoms with van der Waals surface area (Å²) in [5.74, 6) is 1.23. The van der Waals surface area contributed by atoms with Gasteiger partial charge in [0.25, 0.3) is 0 Å². The molecule has 0 bridgehead atoms. The Morgan fingerprint density at radius 3 is 2.78 bits per heavy atom. The van der Waals surface area contributed by atoms with Crippen LogP contribution in [0.15, 0.2) is 36.5 Å². The Balaban J connectivity index is 1.99. The monoisotopic (exact) mass is 239 g/mol. The molecule has 18 heavy (non-hydrogen) atoms. The minimum absolute atomic E-state index is 0.364. The molecule has 5 nitrogen and oxygen atoms in total. The number of anilines is 2. The van der Waals surface area contributed by atoms with Crippen molar-refractivity contribution in [2.75, 3.05) is 11.5 Å². The fourth-order valence-corrected chi connectivity index (χ4v) is 1.96. The van der Waals surface area contributed by atoms with Gasteiger partial charge in [-0.15, -0.1) is 0 Å². The topological polar surface area (TPSA) is 93.6 Å². The van der Waals surface area contributed by atoms with Crippen LogP contribution in [-0.4, -0.2) is 15.0 Å². The Morgan fingerprint density at radius 1 is 1.11 bits per heavy atom. The number of nitrogens with one attached hydrogen (secondary N) is 1. The van der Waals surface area contributed by atoms with E-state index in [4.69, 9.17) is 11.5 Å². The second-order valence-corrected chi connectivity index (χ2v) is 4.15. The summed E-state index contributed by atoms with van der Waals surface area (Å²) >= 11 is 0. The number of benzene rings is 1. The smallest absolute Gasteiger partial charge is 0.146 e. The number of para-hydroxylation sites is 2. The number of imidazole rings is 1. The van der Waals surface area contributed by atoms with Crippen molar-refractivity contribution in [3.63, 3.8) is 0 Å². The van der Waals surface area contributed by atoms with Gasteiger partial charge < -0.3 is 16.5 Å². The normalized spacial score (nSPS) is 10.9. The largest absolute Gasteiger partial charge is 0.396 e. The summed E-state index contributed by atoms with van der Waals surface area (Å²) < 4.78 is 0. The van der Waals surface area contributed by atoms with E-state index in [9.17, 15) is 0 Å². The van der Waals surface area contributed by atoms with Crippen LogP contribution in [0.3, 0.4) is 0 Å². The lowest BCUT2D eigenvalue weighted by Gasteiger charge is -2.04. The van der Waals surface area contributed by atoms with Gasteiger partial charge in [-0.05, 0) is 23.8 Å². The van der Waals surface area contributed by atoms with Gasteiger partial charge in [0.05, 0.1) is 16.7 Å². The molecule has 5 heteroatoms. The minimum Gasteiger partial charge on any atom is -0.396 e. The highest BCUT2D eigenvalue weighted by Gasteiger charge is 2.07. The summed E-state index contributed by atoms with van der Waals surface area (Å²) in [6, 6.07) is 9.77. The van der Waals surface area contributed by atoms with E-state index in [1.54, 1.807) is 6.20 Å². The SMILES string of the molecule is Nc1nccc(Cc2nc3ccccc3[nH]2)c1N. The third-order valence-corrected chi connectivity index (χ3v) is 2.91. The van der Waals surface area contributed by atoms with Gasteiger partial charge in [-0.3, -0.25) is 0 Å². The number of aromatic nitrogens is 3. The zero-order valence-electron chi connectivity index (χ0n) is 9.72. The Kier molecular flexibility index (Phi) is 2.37. The summed E-state index contributed by atoms with van der Waals surface area (Å²) in [6.07, 6.45) is 2.27. The highest BCUT2D eigenvalue weighted by Crippen LogP contribution is 2.20. The Labute approximate surface area is 104 Å². The van der Waals surface area contributed by atoms with Gasteiger partial charge in [0.2, 0.25) is 0 Å². The summed E-state index contributed by atoms with van der Waals surface area (Å²) in [7, 11) is 0. The van der Waals surface area contributed by atoms with E-state index in [1.807, 2.05) is 30.3 Å². The third kappa shape index (κ3) is 1.75. The minimum atomic E-state index is 0.364. The van der Waals surface area contributed by atoms with Crippen LogP contribution in [0.4, 0.5) is 11.5 Å². The number of nitrogens with two attached hydrogens (primary N) is 2. The van der Waals surface area contributed by atoms with Crippen molar-refractivity contribution < 1.29 is 0 Å². The number of nitrogen functional groups attached to an aromatic ring is 2. The van der Waals surface area contributed by atoms with Crippen molar-refractivity contribution in [1.29, 1.82) is 0 Å². The molecule has 0 aliphatic carbocycles. The van der Waals surface area contributed by atoms with Gasteiger partial charge in [0.15, 0.2) is 0 Å². The molecule has 3 aromatic rings. The molecule has 2 aromatic heterocycles. The van der Waals surface area contributed by atoms with E-state index >= 15 is 0 Å². The van der Waals surface area contributed by atoms with Gasteiger partial charge in [-0.2, -0.15) is 0 Å². The first-order valence-electron chi connectivity index (χ1n) is 5.66. The van der Waals surface area contributed by atoms with Gasteiger partial charge in [-0.25, -0.2) is 9.97 Å². The van der Waals surface area contributed by atoms with E-state index in [0.717, 1.165) is 22.4 Å². The molecular formula is C13H13N5. The predicted octanol–water partition coefficient (Wildman–Crippen LogP) is 1.71. The number of hydrogen-bond acceptors (Lipinski definition) is 4. The molecule has 0 saturated heterocycles. The number of fused-ring (bicyclic) bond motifs is 1. The first kappa shape index (κ1) is 10.6. The van der Waals surface area contributed by atoms with E-state index in [0.29, 0.717) is 17.9 Å². The Bertz CT molecular complexity index is 668. The molecule has 3 rings (SSSR count). The molecule has 0 aliphatic heterocycles. The molecule has 2 heterocycles. The highest BCUT2D eigenvalue weighted by molar-refractivity contribution is 5.75. The third-order valence-electron chi connectivity index (χ3n) is 2.91. The second-order valence-electron chi connectivity index (χ2n) is 4.15. The highest BCUT2D eigenvalue weighted by atomic mass is 14.9. The molecule has 0 atom stereocenters. The maximum Gasteiger partial charge on any atom is 0.146 e. The summed E-state index contributed by atoms with van der Waals surface area (Å²) in [5.41, 5.74) is 15.0. The van der Waals surface area contributed by atoms with Gasteiger partial charge in [-0.1, -0.05) is 12.1 Å². The Hall–Kier alpha value is -2.56. The average Bonchev–Trinajstić information content (AvgIpc) is 2.77. The summed E-state index contributed by atoms with van der Waals surface area (Å²) in [6.45, 7) is 0. The first-order valence-corrected chi connectivity index (χ1v) is 5.66. The summed E-state index contributed by atoms with van der Waals surface area (Å²) in [5, 5.41) is 0. The fourth-order valence-electron chi connectivity index (χ4n) is 1.96.